The molecule has 0 aliphatic heterocycles. The molecule has 0 bridgehead atoms. The van der Waals surface area contributed by atoms with Crippen LogP contribution in [0.2, 0.25) is 0 Å². The fraction of sp³-hybridized carbons (Fsp3) is 0.632. The highest BCUT2D eigenvalue weighted by molar-refractivity contribution is 5.97. The van der Waals surface area contributed by atoms with Crippen molar-refractivity contribution in [1.82, 2.24) is 0 Å². The molecule has 1 aromatic carbocycles. The van der Waals surface area contributed by atoms with Gasteiger partial charge in [0.25, 0.3) is 5.91 Å². The topological polar surface area (TPSA) is 47.6 Å². The molecule has 4 nitrogen and oxygen atoms in total. The summed E-state index contributed by atoms with van der Waals surface area (Å²) in [5.74, 6) is 1.10. The van der Waals surface area contributed by atoms with E-state index in [0.29, 0.717) is 25.6 Å². The van der Waals surface area contributed by atoms with Crippen LogP contribution in [0.15, 0.2) is 24.3 Å². The minimum Gasteiger partial charge on any atom is -0.494 e. The quantitative estimate of drug-likeness (QED) is 0.682. The van der Waals surface area contributed by atoms with Crippen LogP contribution >= 0.6 is 0 Å². The Labute approximate surface area is 140 Å². The Morgan fingerprint density at radius 3 is 2.26 bits per heavy atom. The molecule has 0 radical (unpaired) electrons. The van der Waals surface area contributed by atoms with Gasteiger partial charge in [-0.1, -0.05) is 27.7 Å². The van der Waals surface area contributed by atoms with Crippen LogP contribution in [-0.4, -0.2) is 24.7 Å². The Morgan fingerprint density at radius 2 is 1.74 bits per heavy atom. The lowest BCUT2D eigenvalue weighted by atomic mass is 9.93. The molecule has 0 spiro atoms. The molecule has 0 aliphatic rings. The first kappa shape index (κ1) is 19.5. The molecule has 4 heteroatoms. The van der Waals surface area contributed by atoms with E-state index in [1.54, 1.807) is 0 Å². The van der Waals surface area contributed by atoms with Crippen LogP contribution in [-0.2, 0) is 9.53 Å². The summed E-state index contributed by atoms with van der Waals surface area (Å²) in [7, 11) is 0. The van der Waals surface area contributed by atoms with Crippen molar-refractivity contribution in [3.63, 3.8) is 0 Å². The summed E-state index contributed by atoms with van der Waals surface area (Å²) in [5, 5.41) is 2.96. The van der Waals surface area contributed by atoms with E-state index in [-0.39, 0.29) is 5.91 Å². The number of nitrogens with one attached hydrogen (secondary N) is 1. The maximum atomic E-state index is 12.7. The highest BCUT2D eigenvalue weighted by Crippen LogP contribution is 2.24. The molecule has 1 rings (SSSR count). The molecule has 0 fully saturated rings. The van der Waals surface area contributed by atoms with Crippen LogP contribution in [0.1, 0.15) is 53.9 Å². The van der Waals surface area contributed by atoms with E-state index in [1.807, 2.05) is 38.1 Å². The van der Waals surface area contributed by atoms with E-state index in [9.17, 15) is 4.79 Å². The van der Waals surface area contributed by atoms with Crippen molar-refractivity contribution < 1.29 is 14.3 Å². The van der Waals surface area contributed by atoms with Crippen molar-refractivity contribution in [2.45, 2.75) is 59.5 Å². The molecule has 0 saturated heterocycles. The predicted octanol–water partition coefficient (Wildman–Crippen LogP) is 4.65. The standard InChI is InChI=1S/C19H31NO3/c1-6-12-22-17-10-8-16(9-11-17)20-18(21)19(5,14-15(3)4)23-13-7-2/h8-11,15H,6-7,12-14H2,1-5H3,(H,20,21)/t19-/m1/s1. The van der Waals surface area contributed by atoms with Gasteiger partial charge in [0.2, 0.25) is 0 Å². The van der Waals surface area contributed by atoms with Gasteiger partial charge in [-0.25, -0.2) is 0 Å². The van der Waals surface area contributed by atoms with Crippen molar-refractivity contribution in [3.8, 4) is 5.75 Å². The first-order valence-corrected chi connectivity index (χ1v) is 8.59. The second-order valence-corrected chi connectivity index (χ2v) is 6.50. The van der Waals surface area contributed by atoms with Gasteiger partial charge in [0.1, 0.15) is 11.4 Å². The SMILES string of the molecule is CCCOc1ccc(NC(=O)[C@@](C)(CC(C)C)OCCC)cc1. The molecule has 0 saturated carbocycles. The van der Waals surface area contributed by atoms with Crippen molar-refractivity contribution in [3.05, 3.63) is 24.3 Å². The number of benzene rings is 1. The molecule has 130 valence electrons. The number of amides is 1. The zero-order chi connectivity index (χ0) is 17.3. The molecule has 1 N–H and O–H groups in total. The second kappa shape index (κ2) is 9.56. The average Bonchev–Trinajstić information content (AvgIpc) is 2.51. The van der Waals surface area contributed by atoms with Crippen molar-refractivity contribution in [1.29, 1.82) is 0 Å². The molecule has 0 aromatic heterocycles. The summed E-state index contributed by atoms with van der Waals surface area (Å²) in [6.07, 6.45) is 2.56. The van der Waals surface area contributed by atoms with Crippen LogP contribution in [0.3, 0.4) is 0 Å². The maximum Gasteiger partial charge on any atom is 0.256 e. The van der Waals surface area contributed by atoms with Gasteiger partial charge in [0, 0.05) is 12.3 Å². The largest absolute Gasteiger partial charge is 0.494 e. The monoisotopic (exact) mass is 321 g/mol. The summed E-state index contributed by atoms with van der Waals surface area (Å²) in [6.45, 7) is 11.5. The second-order valence-electron chi connectivity index (χ2n) is 6.50. The Kier molecular flexibility index (Phi) is 8.10. The first-order chi connectivity index (χ1) is 10.9. The van der Waals surface area contributed by atoms with Crippen LogP contribution in [0.4, 0.5) is 5.69 Å². The minimum absolute atomic E-state index is 0.0955. The molecule has 0 unspecified atom stereocenters. The highest BCUT2D eigenvalue weighted by atomic mass is 16.5. The van der Waals surface area contributed by atoms with E-state index >= 15 is 0 Å². The molecular formula is C19H31NO3. The lowest BCUT2D eigenvalue weighted by Gasteiger charge is -2.30. The van der Waals surface area contributed by atoms with Gasteiger partial charge in [-0.15, -0.1) is 0 Å². The Hall–Kier alpha value is -1.55. The highest BCUT2D eigenvalue weighted by Gasteiger charge is 2.34. The molecule has 23 heavy (non-hydrogen) atoms. The number of hydrogen-bond donors (Lipinski definition) is 1. The molecule has 1 aromatic rings. The summed E-state index contributed by atoms with van der Waals surface area (Å²) in [5.41, 5.74) is -0.0457. The normalized spacial score (nSPS) is 13.7. The third-order valence-corrected chi connectivity index (χ3v) is 3.49. The van der Waals surface area contributed by atoms with E-state index < -0.39 is 5.60 Å². The molecular weight excluding hydrogens is 290 g/mol. The number of carbonyl (C=O) groups excluding carboxylic acids is 1. The van der Waals surface area contributed by atoms with E-state index in [0.717, 1.165) is 24.3 Å². The zero-order valence-corrected chi connectivity index (χ0v) is 15.1. The van der Waals surface area contributed by atoms with Crippen molar-refractivity contribution in [2.24, 2.45) is 5.92 Å². The average molecular weight is 321 g/mol. The first-order valence-electron chi connectivity index (χ1n) is 8.59. The Balaban J connectivity index is 2.73. The molecule has 0 heterocycles. The number of rotatable bonds is 10. The summed E-state index contributed by atoms with van der Waals surface area (Å²) in [4.78, 5) is 12.7. The summed E-state index contributed by atoms with van der Waals surface area (Å²) in [6, 6.07) is 7.47. The molecule has 0 aliphatic carbocycles. The van der Waals surface area contributed by atoms with Crippen molar-refractivity contribution >= 4 is 11.6 Å². The predicted molar refractivity (Wildman–Crippen MR) is 95.0 cm³/mol. The van der Waals surface area contributed by atoms with Gasteiger partial charge in [-0.3, -0.25) is 4.79 Å². The third kappa shape index (κ3) is 6.61. The number of ether oxygens (including phenoxy) is 2. The number of carbonyl (C=O) groups is 1. The Bertz CT molecular complexity index is 470. The lowest BCUT2D eigenvalue weighted by Crippen LogP contribution is -2.44. The van der Waals surface area contributed by atoms with Gasteiger partial charge in [-0.2, -0.15) is 0 Å². The van der Waals surface area contributed by atoms with E-state index in [2.05, 4.69) is 26.1 Å². The molecule has 1 amide bonds. The van der Waals surface area contributed by atoms with Gasteiger partial charge < -0.3 is 14.8 Å². The Morgan fingerprint density at radius 1 is 1.13 bits per heavy atom. The zero-order valence-electron chi connectivity index (χ0n) is 15.1. The smallest absolute Gasteiger partial charge is 0.256 e. The van der Waals surface area contributed by atoms with E-state index in [4.69, 9.17) is 9.47 Å². The van der Waals surface area contributed by atoms with Crippen LogP contribution in [0, 0.1) is 5.92 Å². The van der Waals surface area contributed by atoms with Gasteiger partial charge >= 0.3 is 0 Å². The molecule has 1 atom stereocenters. The maximum absolute atomic E-state index is 12.7. The number of hydrogen-bond acceptors (Lipinski definition) is 3. The third-order valence-electron chi connectivity index (χ3n) is 3.49. The van der Waals surface area contributed by atoms with Gasteiger partial charge in [0.05, 0.1) is 6.61 Å². The lowest BCUT2D eigenvalue weighted by molar-refractivity contribution is -0.141. The van der Waals surface area contributed by atoms with Gasteiger partial charge in [0.15, 0.2) is 0 Å². The van der Waals surface area contributed by atoms with E-state index in [1.165, 1.54) is 0 Å². The fourth-order valence-corrected chi connectivity index (χ4v) is 2.44. The summed E-state index contributed by atoms with van der Waals surface area (Å²) < 4.78 is 11.4. The number of anilines is 1. The summed E-state index contributed by atoms with van der Waals surface area (Å²) >= 11 is 0. The minimum atomic E-state index is -0.804. The van der Waals surface area contributed by atoms with Crippen LogP contribution in [0.5, 0.6) is 5.75 Å². The van der Waals surface area contributed by atoms with Crippen LogP contribution in [0.25, 0.3) is 0 Å². The van der Waals surface area contributed by atoms with Gasteiger partial charge in [-0.05, 0) is 56.4 Å². The van der Waals surface area contributed by atoms with Crippen LogP contribution < -0.4 is 10.1 Å². The fourth-order valence-electron chi connectivity index (χ4n) is 2.44. The van der Waals surface area contributed by atoms with Crippen molar-refractivity contribution in [2.75, 3.05) is 18.5 Å².